The summed E-state index contributed by atoms with van der Waals surface area (Å²) < 4.78 is 12.3. The number of benzene rings is 1. The van der Waals surface area contributed by atoms with E-state index in [1.165, 1.54) is 0 Å². The smallest absolute Gasteiger partial charge is 0.292 e. The Bertz CT molecular complexity index is 526. The molecular formula is C15H18BrNO3. The van der Waals surface area contributed by atoms with Crippen LogP contribution in [0, 0.1) is 0 Å². The zero-order valence-corrected chi connectivity index (χ0v) is 13.1. The van der Waals surface area contributed by atoms with Crippen molar-refractivity contribution in [3.63, 3.8) is 0 Å². The van der Waals surface area contributed by atoms with Gasteiger partial charge in [-0.15, -0.1) is 0 Å². The number of fused-ring (bicyclic) bond motifs is 2. The second-order valence-corrected chi connectivity index (χ2v) is 6.05. The first-order valence-electron chi connectivity index (χ1n) is 7.09. The molecule has 0 unspecified atom stereocenters. The summed E-state index contributed by atoms with van der Waals surface area (Å²) in [6.45, 7) is 3.79. The molecule has 1 aromatic carbocycles. The molecule has 0 radical (unpaired) electrons. The number of hydrogen-bond donors (Lipinski definition) is 0. The maximum atomic E-state index is 12.8. The molecule has 1 aromatic rings. The highest BCUT2D eigenvalue weighted by Gasteiger charge is 2.55. The fourth-order valence-electron chi connectivity index (χ4n) is 2.84. The molecule has 20 heavy (non-hydrogen) atoms. The van der Waals surface area contributed by atoms with Crippen molar-refractivity contribution < 1.29 is 14.3 Å². The van der Waals surface area contributed by atoms with Crippen molar-refractivity contribution in [3.05, 3.63) is 28.2 Å². The van der Waals surface area contributed by atoms with Crippen LogP contribution in [0.5, 0.6) is 0 Å². The summed E-state index contributed by atoms with van der Waals surface area (Å²) in [7, 11) is 0. The van der Waals surface area contributed by atoms with E-state index in [1.807, 2.05) is 23.1 Å². The normalized spacial score (nSPS) is 19.9. The molecular weight excluding hydrogens is 322 g/mol. The lowest BCUT2D eigenvalue weighted by molar-refractivity contribution is -0.180. The minimum Gasteiger partial charge on any atom is -0.336 e. The van der Waals surface area contributed by atoms with Gasteiger partial charge in [0.25, 0.3) is 11.7 Å². The van der Waals surface area contributed by atoms with E-state index in [4.69, 9.17) is 9.47 Å². The van der Waals surface area contributed by atoms with Gasteiger partial charge in [-0.05, 0) is 24.6 Å². The molecule has 2 heterocycles. The van der Waals surface area contributed by atoms with Crippen LogP contribution in [0.4, 0.5) is 5.69 Å². The largest absolute Gasteiger partial charge is 0.336 e. The number of rotatable bonds is 4. The minimum atomic E-state index is -1.20. The van der Waals surface area contributed by atoms with Gasteiger partial charge in [0.2, 0.25) is 0 Å². The average molecular weight is 340 g/mol. The minimum absolute atomic E-state index is 0.0841. The number of halogens is 1. The van der Waals surface area contributed by atoms with E-state index >= 15 is 0 Å². The molecule has 1 amide bonds. The van der Waals surface area contributed by atoms with Crippen LogP contribution < -0.4 is 4.90 Å². The Morgan fingerprint density at radius 3 is 2.75 bits per heavy atom. The van der Waals surface area contributed by atoms with E-state index in [0.717, 1.165) is 41.5 Å². The number of hydrogen-bond acceptors (Lipinski definition) is 3. The van der Waals surface area contributed by atoms with Crippen LogP contribution in [0.15, 0.2) is 22.7 Å². The van der Waals surface area contributed by atoms with Gasteiger partial charge in [-0.3, -0.25) is 4.79 Å². The van der Waals surface area contributed by atoms with Crippen molar-refractivity contribution in [3.8, 4) is 0 Å². The standard InChI is InChI=1S/C15H18BrNO3/c1-2-3-4-7-17-13-6-5-11(16)10-12(13)15(14(17)18)19-8-9-20-15/h5-6,10H,2-4,7-9H2,1H3. The van der Waals surface area contributed by atoms with Crippen molar-refractivity contribution in [1.29, 1.82) is 0 Å². The summed E-state index contributed by atoms with van der Waals surface area (Å²) in [6, 6.07) is 5.84. The van der Waals surface area contributed by atoms with Crippen LogP contribution in [0.25, 0.3) is 0 Å². The van der Waals surface area contributed by atoms with Gasteiger partial charge >= 0.3 is 0 Å². The van der Waals surface area contributed by atoms with Gasteiger partial charge in [-0.2, -0.15) is 0 Å². The third-order valence-corrected chi connectivity index (χ3v) is 4.30. The highest BCUT2D eigenvalue weighted by atomic mass is 79.9. The topological polar surface area (TPSA) is 38.8 Å². The molecule has 3 rings (SSSR count). The fraction of sp³-hybridized carbons (Fsp3) is 0.533. The number of carbonyl (C=O) groups excluding carboxylic acids is 1. The lowest BCUT2D eigenvalue weighted by atomic mass is 10.1. The lowest BCUT2D eigenvalue weighted by Gasteiger charge is -2.22. The highest BCUT2D eigenvalue weighted by Crippen LogP contribution is 2.46. The predicted molar refractivity (Wildman–Crippen MR) is 79.6 cm³/mol. The first-order valence-corrected chi connectivity index (χ1v) is 7.88. The van der Waals surface area contributed by atoms with Gasteiger partial charge in [-0.25, -0.2) is 0 Å². The summed E-state index contributed by atoms with van der Waals surface area (Å²) in [5.41, 5.74) is 1.74. The lowest BCUT2D eigenvalue weighted by Crippen LogP contribution is -2.41. The Labute approximate surface area is 127 Å². The molecule has 1 saturated heterocycles. The zero-order chi connectivity index (χ0) is 14.2. The van der Waals surface area contributed by atoms with Crippen LogP contribution in [0.1, 0.15) is 31.7 Å². The van der Waals surface area contributed by atoms with E-state index in [0.29, 0.717) is 13.2 Å². The molecule has 108 valence electrons. The predicted octanol–water partition coefficient (Wildman–Crippen LogP) is 3.19. The Hall–Kier alpha value is -0.910. The van der Waals surface area contributed by atoms with Crippen LogP contribution >= 0.6 is 15.9 Å². The maximum Gasteiger partial charge on any atom is 0.292 e. The third-order valence-electron chi connectivity index (χ3n) is 3.81. The summed E-state index contributed by atoms with van der Waals surface area (Å²) in [4.78, 5) is 14.6. The van der Waals surface area contributed by atoms with Crippen LogP contribution in [0.3, 0.4) is 0 Å². The summed E-state index contributed by atoms with van der Waals surface area (Å²) in [5, 5.41) is 0. The molecule has 0 aromatic heterocycles. The van der Waals surface area contributed by atoms with E-state index < -0.39 is 5.79 Å². The van der Waals surface area contributed by atoms with E-state index in [1.54, 1.807) is 0 Å². The fourth-order valence-corrected chi connectivity index (χ4v) is 3.20. The Morgan fingerprint density at radius 1 is 1.30 bits per heavy atom. The van der Waals surface area contributed by atoms with Gasteiger partial charge in [0.15, 0.2) is 0 Å². The molecule has 0 saturated carbocycles. The number of nitrogens with zero attached hydrogens (tertiary/aromatic N) is 1. The second kappa shape index (κ2) is 5.47. The Morgan fingerprint density at radius 2 is 2.05 bits per heavy atom. The SMILES string of the molecule is CCCCCN1C(=O)C2(OCCO2)c2cc(Br)ccc21. The van der Waals surface area contributed by atoms with Gasteiger partial charge in [-0.1, -0.05) is 35.7 Å². The quantitative estimate of drug-likeness (QED) is 0.791. The van der Waals surface area contributed by atoms with Crippen molar-refractivity contribution in [2.24, 2.45) is 0 Å². The molecule has 2 aliphatic rings. The highest BCUT2D eigenvalue weighted by molar-refractivity contribution is 9.10. The van der Waals surface area contributed by atoms with Gasteiger partial charge < -0.3 is 14.4 Å². The zero-order valence-electron chi connectivity index (χ0n) is 11.5. The molecule has 1 spiro atoms. The second-order valence-electron chi connectivity index (χ2n) is 5.14. The van der Waals surface area contributed by atoms with Gasteiger partial charge in [0, 0.05) is 16.6 Å². The molecule has 2 aliphatic heterocycles. The van der Waals surface area contributed by atoms with Crippen molar-refractivity contribution >= 4 is 27.5 Å². The molecule has 0 bridgehead atoms. The summed E-state index contributed by atoms with van der Waals surface area (Å²) in [6.07, 6.45) is 3.24. The van der Waals surface area contributed by atoms with E-state index in [9.17, 15) is 4.79 Å². The summed E-state index contributed by atoms with van der Waals surface area (Å²) in [5.74, 6) is -1.29. The van der Waals surface area contributed by atoms with Crippen LogP contribution in [-0.4, -0.2) is 25.7 Å². The summed E-state index contributed by atoms with van der Waals surface area (Å²) >= 11 is 3.46. The molecule has 0 atom stereocenters. The first kappa shape index (κ1) is 14.0. The third kappa shape index (κ3) is 2.08. The van der Waals surface area contributed by atoms with Crippen molar-refractivity contribution in [2.75, 3.05) is 24.7 Å². The molecule has 1 fully saturated rings. The first-order chi connectivity index (χ1) is 9.69. The van der Waals surface area contributed by atoms with Gasteiger partial charge in [0.05, 0.1) is 18.9 Å². The van der Waals surface area contributed by atoms with Crippen LogP contribution in [-0.2, 0) is 20.1 Å². The molecule has 0 N–H and O–H groups in total. The number of unbranched alkanes of at least 4 members (excludes halogenated alkanes) is 2. The average Bonchev–Trinajstić information content (AvgIpc) is 3.01. The van der Waals surface area contributed by atoms with Crippen molar-refractivity contribution in [2.45, 2.75) is 32.0 Å². The monoisotopic (exact) mass is 339 g/mol. The molecule has 0 aliphatic carbocycles. The number of ether oxygens (including phenoxy) is 2. The van der Waals surface area contributed by atoms with Crippen LogP contribution in [0.2, 0.25) is 0 Å². The Kier molecular flexibility index (Phi) is 3.84. The van der Waals surface area contributed by atoms with Gasteiger partial charge in [0.1, 0.15) is 0 Å². The number of amides is 1. The number of carbonyl (C=O) groups is 1. The molecule has 4 nitrogen and oxygen atoms in total. The number of anilines is 1. The van der Waals surface area contributed by atoms with E-state index in [-0.39, 0.29) is 5.91 Å². The van der Waals surface area contributed by atoms with E-state index in [2.05, 4.69) is 22.9 Å². The maximum absolute atomic E-state index is 12.8. The van der Waals surface area contributed by atoms with Crippen molar-refractivity contribution in [1.82, 2.24) is 0 Å². The Balaban J connectivity index is 1.97. The molecule has 5 heteroatoms.